The van der Waals surface area contributed by atoms with Crippen LogP contribution in [0, 0.1) is 0 Å². The molecule has 0 aliphatic heterocycles. The summed E-state index contributed by atoms with van der Waals surface area (Å²) in [5.74, 6) is -1.46. The van der Waals surface area contributed by atoms with E-state index in [9.17, 15) is 18.7 Å². The van der Waals surface area contributed by atoms with Gasteiger partial charge >= 0.3 is 5.97 Å². The molecule has 1 aromatic heterocycles. The first-order valence-electron chi connectivity index (χ1n) is 4.18. The van der Waals surface area contributed by atoms with Crippen molar-refractivity contribution in [2.45, 2.75) is 12.8 Å². The van der Waals surface area contributed by atoms with Crippen LogP contribution >= 0.6 is 11.6 Å². The lowest BCUT2D eigenvalue weighted by Crippen LogP contribution is -2.07. The van der Waals surface area contributed by atoms with Crippen molar-refractivity contribution in [1.82, 2.24) is 4.98 Å². The van der Waals surface area contributed by atoms with Crippen molar-refractivity contribution < 1.29 is 23.4 Å². The van der Waals surface area contributed by atoms with Gasteiger partial charge in [0, 0.05) is 6.20 Å². The molecular formula is C9H8ClF2NO3. The second-order valence-corrected chi connectivity index (χ2v) is 3.28. The Balaban J connectivity index is 3.13. The van der Waals surface area contributed by atoms with Gasteiger partial charge in [0.15, 0.2) is 0 Å². The number of aromatic hydroxyl groups is 1. The van der Waals surface area contributed by atoms with Crippen molar-refractivity contribution in [2.75, 3.05) is 7.11 Å². The first-order chi connectivity index (χ1) is 7.47. The van der Waals surface area contributed by atoms with Crippen molar-refractivity contribution in [1.29, 1.82) is 0 Å². The number of halogens is 3. The number of rotatable bonds is 3. The van der Waals surface area contributed by atoms with E-state index in [0.717, 1.165) is 13.3 Å². The van der Waals surface area contributed by atoms with Crippen LogP contribution < -0.4 is 0 Å². The van der Waals surface area contributed by atoms with Gasteiger partial charge in [0.05, 0.1) is 29.8 Å². The molecule has 0 amide bonds. The summed E-state index contributed by atoms with van der Waals surface area (Å²) in [5, 5.41) is 9.10. The minimum Gasteiger partial charge on any atom is -0.505 e. The molecule has 0 unspecified atom stereocenters. The lowest BCUT2D eigenvalue weighted by atomic mass is 10.1. The maximum Gasteiger partial charge on any atom is 0.311 e. The molecule has 0 bridgehead atoms. The van der Waals surface area contributed by atoms with Crippen molar-refractivity contribution in [3.63, 3.8) is 0 Å². The second kappa shape index (κ2) is 5.07. The first kappa shape index (κ1) is 12.6. The molecule has 0 fully saturated rings. The lowest BCUT2D eigenvalue weighted by Gasteiger charge is -2.09. The molecule has 88 valence electrons. The fourth-order valence-corrected chi connectivity index (χ4v) is 1.30. The molecule has 1 aromatic rings. The summed E-state index contributed by atoms with van der Waals surface area (Å²) in [6.07, 6.45) is -2.37. The van der Waals surface area contributed by atoms with E-state index < -0.39 is 23.7 Å². The number of pyridine rings is 1. The molecule has 7 heteroatoms. The maximum absolute atomic E-state index is 12.5. The Bertz CT molecular complexity index is 412. The zero-order chi connectivity index (χ0) is 12.3. The molecule has 1 N–H and O–H groups in total. The molecule has 0 radical (unpaired) electrons. The molecule has 0 saturated heterocycles. The van der Waals surface area contributed by atoms with Gasteiger partial charge in [0.2, 0.25) is 0 Å². The fraction of sp³-hybridized carbons (Fsp3) is 0.333. The molecule has 1 heterocycles. The van der Waals surface area contributed by atoms with Crippen LogP contribution in [-0.2, 0) is 16.0 Å². The summed E-state index contributed by atoms with van der Waals surface area (Å²) in [7, 11) is 1.14. The van der Waals surface area contributed by atoms with E-state index >= 15 is 0 Å². The van der Waals surface area contributed by atoms with Crippen LogP contribution in [0.2, 0.25) is 5.02 Å². The topological polar surface area (TPSA) is 59.4 Å². The number of alkyl halides is 2. The lowest BCUT2D eigenvalue weighted by molar-refractivity contribution is -0.139. The third-order valence-corrected chi connectivity index (χ3v) is 2.18. The quantitative estimate of drug-likeness (QED) is 0.836. The van der Waals surface area contributed by atoms with Gasteiger partial charge in [-0.25, -0.2) is 8.78 Å². The van der Waals surface area contributed by atoms with Crippen molar-refractivity contribution in [3.05, 3.63) is 22.5 Å². The van der Waals surface area contributed by atoms with Crippen LogP contribution in [0.5, 0.6) is 5.75 Å². The van der Waals surface area contributed by atoms with Gasteiger partial charge in [-0.15, -0.1) is 0 Å². The van der Waals surface area contributed by atoms with Crippen LogP contribution in [0.3, 0.4) is 0 Å². The van der Waals surface area contributed by atoms with Gasteiger partial charge in [0.1, 0.15) is 5.75 Å². The predicted molar refractivity (Wildman–Crippen MR) is 51.6 cm³/mol. The summed E-state index contributed by atoms with van der Waals surface area (Å²) >= 11 is 5.45. The van der Waals surface area contributed by atoms with E-state index in [2.05, 4.69) is 9.72 Å². The number of ether oxygens (including phenoxy) is 1. The monoisotopic (exact) mass is 251 g/mol. The minimum atomic E-state index is -2.94. The van der Waals surface area contributed by atoms with Gasteiger partial charge in [-0.05, 0) is 0 Å². The number of methoxy groups -OCH3 is 1. The largest absolute Gasteiger partial charge is 0.505 e. The normalized spacial score (nSPS) is 10.6. The van der Waals surface area contributed by atoms with Crippen LogP contribution in [0.1, 0.15) is 17.7 Å². The Morgan fingerprint density at radius 3 is 2.81 bits per heavy atom. The summed E-state index contributed by atoms with van der Waals surface area (Å²) in [5.41, 5.74) is -0.915. The molecule has 0 saturated carbocycles. The van der Waals surface area contributed by atoms with Crippen LogP contribution in [0.15, 0.2) is 6.20 Å². The number of carbonyl (C=O) groups excluding carboxylic acids is 1. The highest BCUT2D eigenvalue weighted by Crippen LogP contribution is 2.35. The average Bonchev–Trinajstić information content (AvgIpc) is 2.21. The summed E-state index contributed by atoms with van der Waals surface area (Å²) in [6, 6.07) is 0. The molecule has 16 heavy (non-hydrogen) atoms. The molecule has 0 aliphatic rings. The third-order valence-electron chi connectivity index (χ3n) is 1.88. The molecule has 0 aromatic carbocycles. The number of nitrogens with zero attached hydrogens (tertiary/aromatic N) is 1. The minimum absolute atomic E-state index is 0.188. The SMILES string of the molecule is COC(=O)Cc1ncc(Cl)c(C(F)F)c1O. The van der Waals surface area contributed by atoms with Crippen molar-refractivity contribution in [2.24, 2.45) is 0 Å². The Labute approximate surface area is 94.8 Å². The van der Waals surface area contributed by atoms with Gasteiger partial charge in [-0.2, -0.15) is 0 Å². The molecule has 0 atom stereocenters. The fourth-order valence-electron chi connectivity index (χ4n) is 1.08. The molecule has 4 nitrogen and oxygen atoms in total. The highest BCUT2D eigenvalue weighted by Gasteiger charge is 2.22. The zero-order valence-electron chi connectivity index (χ0n) is 8.21. The van der Waals surface area contributed by atoms with Crippen molar-refractivity contribution >= 4 is 17.6 Å². The van der Waals surface area contributed by atoms with E-state index in [1.165, 1.54) is 0 Å². The average molecular weight is 252 g/mol. The second-order valence-electron chi connectivity index (χ2n) is 2.87. The molecule has 0 spiro atoms. The van der Waals surface area contributed by atoms with Gasteiger partial charge in [-0.1, -0.05) is 11.6 Å². The van der Waals surface area contributed by atoms with Gasteiger partial charge < -0.3 is 9.84 Å². The number of hydrogen-bond acceptors (Lipinski definition) is 4. The highest BCUT2D eigenvalue weighted by molar-refractivity contribution is 6.31. The number of hydrogen-bond donors (Lipinski definition) is 1. The summed E-state index contributed by atoms with van der Waals surface area (Å²) in [4.78, 5) is 14.5. The number of carbonyl (C=O) groups is 1. The summed E-state index contributed by atoms with van der Waals surface area (Å²) in [6.45, 7) is 0. The van der Waals surface area contributed by atoms with E-state index in [-0.39, 0.29) is 17.1 Å². The first-order valence-corrected chi connectivity index (χ1v) is 4.56. The van der Waals surface area contributed by atoms with Crippen molar-refractivity contribution in [3.8, 4) is 5.75 Å². The molecular weight excluding hydrogens is 244 g/mol. The Morgan fingerprint density at radius 1 is 1.69 bits per heavy atom. The van der Waals surface area contributed by atoms with E-state index in [1.54, 1.807) is 0 Å². The number of esters is 1. The zero-order valence-corrected chi connectivity index (χ0v) is 8.96. The van der Waals surface area contributed by atoms with Gasteiger partial charge in [-0.3, -0.25) is 9.78 Å². The predicted octanol–water partition coefficient (Wildman–Crippen LogP) is 2.09. The smallest absolute Gasteiger partial charge is 0.311 e. The van der Waals surface area contributed by atoms with Crippen LogP contribution in [0.4, 0.5) is 8.78 Å². The summed E-state index contributed by atoms with van der Waals surface area (Å²) < 4.78 is 29.3. The van der Waals surface area contributed by atoms with E-state index in [1.807, 2.05) is 0 Å². The van der Waals surface area contributed by atoms with Gasteiger partial charge in [0.25, 0.3) is 6.43 Å². The Morgan fingerprint density at radius 2 is 2.31 bits per heavy atom. The Kier molecular flexibility index (Phi) is 4.00. The third kappa shape index (κ3) is 2.57. The standard InChI is InChI=1S/C9H8ClF2NO3/c1-16-6(14)2-5-8(15)7(9(11)12)4(10)3-13-5/h3,9,15H,2H2,1H3. The number of aromatic nitrogens is 1. The van der Waals surface area contributed by atoms with Crippen LogP contribution in [0.25, 0.3) is 0 Å². The Hall–Kier alpha value is -1.43. The molecule has 0 aliphatic carbocycles. The maximum atomic E-state index is 12.5. The van der Waals surface area contributed by atoms with E-state index in [4.69, 9.17) is 11.6 Å². The highest BCUT2D eigenvalue weighted by atomic mass is 35.5. The van der Waals surface area contributed by atoms with E-state index in [0.29, 0.717) is 0 Å². The molecule has 1 rings (SSSR count). The van der Waals surface area contributed by atoms with Crippen LogP contribution in [-0.4, -0.2) is 23.2 Å².